The number of nitrogens with zero attached hydrogens (tertiary/aromatic N) is 2. The lowest BCUT2D eigenvalue weighted by atomic mass is 9.96. The number of hydrogen-bond acceptors (Lipinski definition) is 8. The van der Waals surface area contributed by atoms with Crippen LogP contribution in [0.3, 0.4) is 0 Å². The van der Waals surface area contributed by atoms with Crippen LogP contribution in [-0.4, -0.2) is 68.2 Å². The van der Waals surface area contributed by atoms with Gasteiger partial charge in [0.15, 0.2) is 0 Å². The molecular weight excluding hydrogens is 610 g/mol. The number of carbonyl (C=O) groups is 3. The number of fused-ring (bicyclic) bond motifs is 1. The van der Waals surface area contributed by atoms with Crippen molar-refractivity contribution in [2.45, 2.75) is 51.7 Å². The Labute approximate surface area is 253 Å². The molecule has 222 valence electrons. The van der Waals surface area contributed by atoms with Crippen molar-refractivity contribution in [3.63, 3.8) is 0 Å². The largest absolute Gasteiger partial charge is 0.474 e. The van der Waals surface area contributed by atoms with Gasteiger partial charge in [-0.2, -0.15) is 0 Å². The number of methoxy groups -OCH3 is 1. The van der Waals surface area contributed by atoms with Crippen LogP contribution in [0.25, 0.3) is 0 Å². The lowest BCUT2D eigenvalue weighted by molar-refractivity contribution is -0.131. The summed E-state index contributed by atoms with van der Waals surface area (Å²) < 4.78 is 11.6. The predicted octanol–water partition coefficient (Wildman–Crippen LogP) is 3.66. The minimum Gasteiger partial charge on any atom is -0.474 e. The van der Waals surface area contributed by atoms with E-state index in [1.807, 2.05) is 26.0 Å². The van der Waals surface area contributed by atoms with Gasteiger partial charge in [-0.3, -0.25) is 14.4 Å². The Morgan fingerprint density at radius 3 is 2.71 bits per heavy atom. The summed E-state index contributed by atoms with van der Waals surface area (Å²) in [5.74, 6) is -0.209. The van der Waals surface area contributed by atoms with Gasteiger partial charge < -0.3 is 30.3 Å². The molecule has 41 heavy (non-hydrogen) atoms. The van der Waals surface area contributed by atoms with Crippen LogP contribution in [0.5, 0.6) is 5.88 Å². The van der Waals surface area contributed by atoms with Crippen molar-refractivity contribution in [1.82, 2.24) is 20.9 Å². The number of allylic oxidation sites excluding steroid dienone is 2. The topological polar surface area (TPSA) is 122 Å². The Morgan fingerprint density at radius 1 is 1.20 bits per heavy atom. The van der Waals surface area contributed by atoms with Crippen molar-refractivity contribution in [2.75, 3.05) is 38.3 Å². The first-order valence-corrected chi connectivity index (χ1v) is 15.5. The summed E-state index contributed by atoms with van der Waals surface area (Å²) in [6.45, 7) is 6.35. The molecule has 1 aliphatic heterocycles. The van der Waals surface area contributed by atoms with Crippen molar-refractivity contribution in [2.24, 2.45) is 11.8 Å². The van der Waals surface area contributed by atoms with Crippen molar-refractivity contribution in [1.29, 1.82) is 0 Å². The number of hydrogen-bond donors (Lipinski definition) is 3. The molecule has 2 aliphatic rings. The third-order valence-electron chi connectivity index (χ3n) is 7.12. The van der Waals surface area contributed by atoms with E-state index < -0.39 is 12.1 Å². The molecule has 0 aromatic carbocycles. The molecule has 0 spiro atoms. The average molecular weight is 649 g/mol. The van der Waals surface area contributed by atoms with E-state index in [9.17, 15) is 14.4 Å². The number of ether oxygens (including phenoxy) is 2. The summed E-state index contributed by atoms with van der Waals surface area (Å²) in [5.41, 5.74) is 0.901. The third-order valence-corrected chi connectivity index (χ3v) is 8.62. The first-order valence-electron chi connectivity index (χ1n) is 13.9. The monoisotopic (exact) mass is 647 g/mol. The molecule has 2 atom stereocenters. The van der Waals surface area contributed by atoms with Crippen molar-refractivity contribution in [3.8, 4) is 5.88 Å². The number of thiophene rings is 1. The molecule has 0 radical (unpaired) electrons. The van der Waals surface area contributed by atoms with Gasteiger partial charge in [0, 0.05) is 29.2 Å². The van der Waals surface area contributed by atoms with Crippen molar-refractivity contribution >= 4 is 50.7 Å². The molecule has 1 aliphatic carbocycles. The van der Waals surface area contributed by atoms with Gasteiger partial charge in [0.05, 0.1) is 24.6 Å². The Bertz CT molecular complexity index is 1240. The highest BCUT2D eigenvalue weighted by Gasteiger charge is 2.31. The third kappa shape index (κ3) is 8.52. The van der Waals surface area contributed by atoms with E-state index >= 15 is 0 Å². The second kappa shape index (κ2) is 14.8. The SMILES string of the molecule is COCCNC(=O)[C@H](NC(=O)[C@H](CC1CC=CC1)NC(=O)c1ccc(CN2CCOc3ncc(Br)cc32)s1)C(C)C. The highest BCUT2D eigenvalue weighted by molar-refractivity contribution is 9.10. The molecule has 0 saturated carbocycles. The number of rotatable bonds is 13. The quantitative estimate of drug-likeness (QED) is 0.224. The van der Waals surface area contributed by atoms with Gasteiger partial charge in [0.1, 0.15) is 24.4 Å². The molecule has 2 aromatic rings. The minimum atomic E-state index is -0.763. The zero-order valence-electron chi connectivity index (χ0n) is 23.7. The molecule has 0 bridgehead atoms. The Hall–Kier alpha value is -2.96. The normalized spacial score (nSPS) is 16.2. The lowest BCUT2D eigenvalue weighted by Crippen LogP contribution is -2.56. The Kier molecular flexibility index (Phi) is 11.2. The minimum absolute atomic E-state index is 0.132. The molecule has 3 N–H and O–H groups in total. The molecule has 2 aromatic heterocycles. The number of amides is 3. The molecule has 0 saturated heterocycles. The van der Waals surface area contributed by atoms with E-state index in [1.165, 1.54) is 11.3 Å². The number of pyridine rings is 1. The van der Waals surface area contributed by atoms with Gasteiger partial charge in [-0.15, -0.1) is 11.3 Å². The molecule has 10 nitrogen and oxygen atoms in total. The molecule has 3 amide bonds. The molecular formula is C29H38BrN5O5S. The maximum atomic E-state index is 13.5. The van der Waals surface area contributed by atoms with E-state index in [2.05, 4.69) is 53.9 Å². The van der Waals surface area contributed by atoms with E-state index in [4.69, 9.17) is 9.47 Å². The summed E-state index contributed by atoms with van der Waals surface area (Å²) in [5, 5.41) is 8.66. The van der Waals surface area contributed by atoms with E-state index in [0.717, 1.165) is 27.9 Å². The molecule has 0 unspecified atom stereocenters. The van der Waals surface area contributed by atoms with Gasteiger partial charge in [-0.1, -0.05) is 26.0 Å². The van der Waals surface area contributed by atoms with E-state index in [-0.39, 0.29) is 29.6 Å². The summed E-state index contributed by atoms with van der Waals surface area (Å²) >= 11 is 4.88. The maximum absolute atomic E-state index is 13.5. The number of aromatic nitrogens is 1. The Balaban J connectivity index is 1.42. The van der Waals surface area contributed by atoms with Gasteiger partial charge in [-0.05, 0) is 65.2 Å². The van der Waals surface area contributed by atoms with Gasteiger partial charge in [0.25, 0.3) is 5.91 Å². The molecule has 4 rings (SSSR count). The number of carbonyl (C=O) groups excluding carboxylic acids is 3. The van der Waals surface area contributed by atoms with Crippen LogP contribution in [0, 0.1) is 11.8 Å². The second-order valence-corrected chi connectivity index (χ2v) is 12.7. The lowest BCUT2D eigenvalue weighted by Gasteiger charge is -2.30. The summed E-state index contributed by atoms with van der Waals surface area (Å²) in [4.78, 5) is 47.7. The number of anilines is 1. The van der Waals surface area contributed by atoms with E-state index in [1.54, 1.807) is 19.4 Å². The van der Waals surface area contributed by atoms with Crippen LogP contribution in [0.15, 0.2) is 41.0 Å². The maximum Gasteiger partial charge on any atom is 0.262 e. The van der Waals surface area contributed by atoms with Crippen LogP contribution < -0.4 is 25.6 Å². The van der Waals surface area contributed by atoms with Crippen molar-refractivity contribution in [3.05, 3.63) is 50.8 Å². The fourth-order valence-corrected chi connectivity index (χ4v) is 6.15. The van der Waals surface area contributed by atoms with Gasteiger partial charge in [-0.25, -0.2) is 4.98 Å². The van der Waals surface area contributed by atoms with Crippen LogP contribution in [0.1, 0.15) is 47.7 Å². The zero-order chi connectivity index (χ0) is 29.4. The fraction of sp³-hybridized carbons (Fsp3) is 0.517. The van der Waals surface area contributed by atoms with Crippen LogP contribution >= 0.6 is 27.3 Å². The predicted molar refractivity (Wildman–Crippen MR) is 162 cm³/mol. The summed E-state index contributed by atoms with van der Waals surface area (Å²) in [7, 11) is 1.56. The van der Waals surface area contributed by atoms with E-state index in [0.29, 0.717) is 50.0 Å². The highest BCUT2D eigenvalue weighted by Crippen LogP contribution is 2.33. The molecule has 0 fully saturated rings. The second-order valence-electron chi connectivity index (χ2n) is 10.6. The first kappa shape index (κ1) is 31.0. The number of nitrogens with one attached hydrogen (secondary N) is 3. The summed E-state index contributed by atoms with van der Waals surface area (Å²) in [6.07, 6.45) is 8.13. The highest BCUT2D eigenvalue weighted by atomic mass is 79.9. The number of halogens is 1. The first-order chi connectivity index (χ1) is 19.7. The van der Waals surface area contributed by atoms with Crippen LogP contribution in [0.2, 0.25) is 0 Å². The van der Waals surface area contributed by atoms with Gasteiger partial charge >= 0.3 is 0 Å². The zero-order valence-corrected chi connectivity index (χ0v) is 26.1. The average Bonchev–Trinajstić information content (AvgIpc) is 3.64. The molecule has 3 heterocycles. The van der Waals surface area contributed by atoms with Crippen LogP contribution in [-0.2, 0) is 20.9 Å². The summed E-state index contributed by atoms with van der Waals surface area (Å²) in [6, 6.07) is 4.23. The smallest absolute Gasteiger partial charge is 0.262 e. The fourth-order valence-electron chi connectivity index (χ4n) is 4.90. The van der Waals surface area contributed by atoms with Gasteiger partial charge in [0.2, 0.25) is 17.7 Å². The standard InChI is InChI=1S/C29H38BrN5O5S/c1-18(2)25(28(38)31-10-12-39-3)34-26(36)22(14-19-6-4-5-7-19)33-27(37)24-9-8-21(41-24)17-35-11-13-40-29-23(35)15-20(30)16-32-29/h4-5,8-9,15-16,18-19,22,25H,6-7,10-14,17H2,1-3H3,(H,31,38)(H,33,37)(H,34,36)/t22-,25+/m0/s1. The molecule has 12 heteroatoms. The van der Waals surface area contributed by atoms with Crippen LogP contribution in [0.4, 0.5) is 5.69 Å². The Morgan fingerprint density at radius 2 is 1.98 bits per heavy atom. The van der Waals surface area contributed by atoms with Crippen molar-refractivity contribution < 1.29 is 23.9 Å².